The molecule has 1 aliphatic rings. The number of benzene rings is 1. The van der Waals surface area contributed by atoms with Crippen molar-refractivity contribution in [2.24, 2.45) is 10.1 Å². The first kappa shape index (κ1) is 15.5. The molecule has 2 amide bonds. The molecule has 1 aromatic rings. The van der Waals surface area contributed by atoms with Crippen molar-refractivity contribution in [2.45, 2.75) is 19.4 Å². The summed E-state index contributed by atoms with van der Waals surface area (Å²) in [4.78, 5) is 38.4. The van der Waals surface area contributed by atoms with Crippen molar-refractivity contribution in [3.05, 3.63) is 29.8 Å². The number of amides is 2. The van der Waals surface area contributed by atoms with Gasteiger partial charge in [-0.3, -0.25) is 9.59 Å². The summed E-state index contributed by atoms with van der Waals surface area (Å²) in [5.74, 6) is -1.15. The Labute approximate surface area is 125 Å². The van der Waals surface area contributed by atoms with E-state index in [1.54, 1.807) is 24.3 Å². The molecule has 0 bridgehead atoms. The van der Waals surface area contributed by atoms with E-state index in [2.05, 4.69) is 15.0 Å². The number of carbonyl (C=O) groups is 3. The zero-order chi connectivity index (χ0) is 15.9. The van der Waals surface area contributed by atoms with E-state index >= 15 is 0 Å². The molecule has 112 valence electrons. The van der Waals surface area contributed by atoms with E-state index in [1.807, 2.05) is 0 Å². The molecule has 1 saturated heterocycles. The molecule has 9 nitrogen and oxygen atoms in total. The quantitative estimate of drug-likeness (QED) is 0.352. The Balaban J connectivity index is 1.83. The van der Waals surface area contributed by atoms with Crippen LogP contribution < -0.4 is 0 Å². The summed E-state index contributed by atoms with van der Waals surface area (Å²) < 4.78 is 14.8. The molecule has 10 heteroatoms. The second-order valence-electron chi connectivity index (χ2n) is 4.20. The Morgan fingerprint density at radius 3 is 2.41 bits per heavy atom. The van der Waals surface area contributed by atoms with Crippen LogP contribution in [0.15, 0.2) is 34.4 Å². The number of hydrogen-bond acceptors (Lipinski definition) is 7. The molecule has 0 spiro atoms. The van der Waals surface area contributed by atoms with Crippen molar-refractivity contribution >= 4 is 30.9 Å². The number of carbonyl (C=O) groups excluding carboxylic acids is 3. The van der Waals surface area contributed by atoms with Gasteiger partial charge in [-0.1, -0.05) is 0 Å². The summed E-state index contributed by atoms with van der Waals surface area (Å²) in [6.07, 6.45) is -1.11. The molecule has 1 fully saturated rings. The first-order valence-electron chi connectivity index (χ1n) is 6.24. The topological polar surface area (TPSA) is 115 Å². The fraction of sp³-hybridized carbons (Fsp3) is 0.250. The zero-order valence-electron chi connectivity index (χ0n) is 11.3. The normalized spacial score (nSPS) is 14.3. The van der Waals surface area contributed by atoms with Crippen LogP contribution in [0.5, 0.6) is 0 Å². The Morgan fingerprint density at radius 2 is 1.82 bits per heavy atom. The Kier molecular flexibility index (Phi) is 5.07. The number of hydrogen-bond donors (Lipinski definition) is 0. The van der Waals surface area contributed by atoms with E-state index in [9.17, 15) is 19.1 Å². The van der Waals surface area contributed by atoms with Crippen LogP contribution in [0.3, 0.4) is 0 Å². The van der Waals surface area contributed by atoms with E-state index in [-0.39, 0.29) is 19.4 Å². The van der Waals surface area contributed by atoms with E-state index in [4.69, 9.17) is 4.74 Å². The molecule has 0 aromatic heterocycles. The number of imide groups is 1. The van der Waals surface area contributed by atoms with Crippen LogP contribution >= 0.6 is 0 Å². The van der Waals surface area contributed by atoms with Crippen molar-refractivity contribution in [3.63, 3.8) is 0 Å². The Morgan fingerprint density at radius 1 is 1.18 bits per heavy atom. The van der Waals surface area contributed by atoms with E-state index in [1.165, 1.54) is 0 Å². The van der Waals surface area contributed by atoms with Crippen molar-refractivity contribution in [3.8, 4) is 0 Å². The van der Waals surface area contributed by atoms with Gasteiger partial charge in [0.15, 0.2) is 0 Å². The van der Waals surface area contributed by atoms with Crippen molar-refractivity contribution in [1.82, 2.24) is 5.06 Å². The molecule has 0 saturated carbocycles. The van der Waals surface area contributed by atoms with E-state index in [0.717, 1.165) is 0 Å². The SMILES string of the molecule is O=BN=Nc1ccc(COC(=O)ON2C(=O)CCC2=O)cc1. The van der Waals surface area contributed by atoms with E-state index in [0.29, 0.717) is 23.6 Å². The predicted octanol–water partition coefficient (Wildman–Crippen LogP) is 1.45. The van der Waals surface area contributed by atoms with Crippen LogP contribution in [0.25, 0.3) is 0 Å². The average molecular weight is 303 g/mol. The van der Waals surface area contributed by atoms with Gasteiger partial charge in [0.25, 0.3) is 0 Å². The van der Waals surface area contributed by atoms with Crippen molar-refractivity contribution < 1.29 is 28.7 Å². The molecule has 0 aliphatic carbocycles. The van der Waals surface area contributed by atoms with Gasteiger partial charge in [-0.15, -0.1) is 0 Å². The molecule has 0 unspecified atom stereocenters. The maximum atomic E-state index is 11.4. The van der Waals surface area contributed by atoms with Crippen molar-refractivity contribution in [1.29, 1.82) is 0 Å². The summed E-state index contributed by atoms with van der Waals surface area (Å²) in [5, 5.41) is 7.18. The van der Waals surface area contributed by atoms with E-state index < -0.39 is 18.0 Å². The fourth-order valence-corrected chi connectivity index (χ4v) is 1.65. The monoisotopic (exact) mass is 303 g/mol. The second-order valence-corrected chi connectivity index (χ2v) is 4.20. The summed E-state index contributed by atoms with van der Waals surface area (Å²) in [6, 6.07) is 6.37. The third kappa shape index (κ3) is 4.04. The van der Waals surface area contributed by atoms with Gasteiger partial charge < -0.3 is 0 Å². The molecular formula is C12H10BN3O6. The molecule has 1 heterocycles. The summed E-state index contributed by atoms with van der Waals surface area (Å²) >= 11 is 0. The molecule has 0 N–H and O–H groups in total. The van der Waals surface area contributed by atoms with Crippen LogP contribution in [-0.4, -0.2) is 30.3 Å². The number of hydroxylamine groups is 2. The third-order valence-electron chi connectivity index (χ3n) is 2.68. The Hall–Kier alpha value is -2.91. The van der Waals surface area contributed by atoms with Gasteiger partial charge in [-0.25, -0.2) is 0 Å². The maximum absolute atomic E-state index is 11.4. The molecule has 0 radical (unpaired) electrons. The minimum atomic E-state index is -1.15. The van der Waals surface area contributed by atoms with Gasteiger partial charge in [0.1, 0.15) is 0 Å². The Bertz CT molecular complexity index is 614. The van der Waals surface area contributed by atoms with Gasteiger partial charge in [-0.05, 0) is 0 Å². The minimum absolute atomic E-state index is 0.0168. The van der Waals surface area contributed by atoms with Gasteiger partial charge in [0.2, 0.25) is 0 Å². The van der Waals surface area contributed by atoms with Crippen molar-refractivity contribution in [2.75, 3.05) is 0 Å². The summed E-state index contributed by atoms with van der Waals surface area (Å²) in [5.41, 5.74) is 1.09. The van der Waals surface area contributed by atoms with Crippen LogP contribution in [0.2, 0.25) is 0 Å². The molecule has 1 aromatic carbocycles. The second kappa shape index (κ2) is 7.20. The third-order valence-corrected chi connectivity index (χ3v) is 2.68. The van der Waals surface area contributed by atoms with Crippen LogP contribution in [0, 0.1) is 0 Å². The first-order valence-corrected chi connectivity index (χ1v) is 6.24. The molecule has 22 heavy (non-hydrogen) atoms. The summed E-state index contributed by atoms with van der Waals surface area (Å²) in [7, 11) is 0.313. The molecule has 2 rings (SSSR count). The zero-order valence-corrected chi connectivity index (χ0v) is 11.3. The van der Waals surface area contributed by atoms with Crippen LogP contribution in [0.1, 0.15) is 18.4 Å². The fourth-order valence-electron chi connectivity index (χ4n) is 1.65. The molecule has 1 aliphatic heterocycles. The van der Waals surface area contributed by atoms with Crippen LogP contribution in [0.4, 0.5) is 10.5 Å². The first-order chi connectivity index (χ1) is 10.6. The molecule has 0 atom stereocenters. The van der Waals surface area contributed by atoms with Crippen LogP contribution in [-0.2, 0) is 30.5 Å². The van der Waals surface area contributed by atoms with Gasteiger partial charge in [0, 0.05) is 12.8 Å². The predicted molar refractivity (Wildman–Crippen MR) is 69.8 cm³/mol. The average Bonchev–Trinajstić information content (AvgIpc) is 2.84. The molecular weight excluding hydrogens is 293 g/mol. The van der Waals surface area contributed by atoms with Gasteiger partial charge in [-0.2, -0.15) is 0 Å². The van der Waals surface area contributed by atoms with Gasteiger partial charge >= 0.3 is 102 Å². The standard InChI is InChI=1S/C12H10BN3O6/c17-10-5-6-11(18)16(10)22-12(19)21-7-8-1-3-9(4-2-8)14-15-13-20/h1-4H,5-7H2. The number of rotatable bonds is 5. The number of ether oxygens (including phenoxy) is 1. The summed E-state index contributed by atoms with van der Waals surface area (Å²) in [6.45, 7) is -0.111. The number of nitrogens with zero attached hydrogens (tertiary/aromatic N) is 3. The van der Waals surface area contributed by atoms with Gasteiger partial charge in [0.05, 0.1) is 0 Å².